The fourth-order valence-electron chi connectivity index (χ4n) is 1.28. The Morgan fingerprint density at radius 2 is 2.00 bits per heavy atom. The van der Waals surface area contributed by atoms with Gasteiger partial charge in [-0.3, -0.25) is 4.79 Å². The number of aliphatic hydroxyl groups is 1. The maximum absolute atomic E-state index is 11.4. The van der Waals surface area contributed by atoms with E-state index in [1.807, 2.05) is 30.3 Å². The lowest BCUT2D eigenvalue weighted by Gasteiger charge is -2.14. The molecule has 98 valence electrons. The summed E-state index contributed by atoms with van der Waals surface area (Å²) in [6.07, 6.45) is -0.749. The van der Waals surface area contributed by atoms with Crippen LogP contribution in [0.5, 0.6) is 0 Å². The Balaban J connectivity index is 2.39. The molecule has 1 rings (SSSR count). The van der Waals surface area contributed by atoms with Gasteiger partial charge in [-0.15, -0.1) is 0 Å². The van der Waals surface area contributed by atoms with Gasteiger partial charge in [-0.25, -0.2) is 4.79 Å². The normalized spacial score (nSPS) is 11.4. The van der Waals surface area contributed by atoms with Crippen LogP contribution in [-0.4, -0.2) is 36.8 Å². The quantitative estimate of drug-likeness (QED) is 0.689. The van der Waals surface area contributed by atoms with E-state index < -0.39 is 24.6 Å². The minimum absolute atomic E-state index is 0.110. The molecule has 0 bridgehead atoms. The first-order valence-electron chi connectivity index (χ1n) is 5.47. The number of alkyl carbamates (subject to hydrolysis) is 1. The largest absolute Gasteiger partial charge is 0.445 e. The SMILES string of the molecule is CNC(=O)[C@H](CO)NC(=O)OCc1ccccc1. The number of hydrogen-bond donors (Lipinski definition) is 3. The monoisotopic (exact) mass is 252 g/mol. The summed E-state index contributed by atoms with van der Waals surface area (Å²) in [5.74, 6) is -0.478. The second-order valence-corrected chi connectivity index (χ2v) is 3.56. The van der Waals surface area contributed by atoms with Gasteiger partial charge in [0.1, 0.15) is 12.6 Å². The zero-order valence-electron chi connectivity index (χ0n) is 10.1. The summed E-state index contributed by atoms with van der Waals surface area (Å²) < 4.78 is 4.91. The van der Waals surface area contributed by atoms with Crippen molar-refractivity contribution in [3.63, 3.8) is 0 Å². The number of amides is 2. The molecule has 0 aromatic heterocycles. The van der Waals surface area contributed by atoms with Crippen molar-refractivity contribution in [2.24, 2.45) is 0 Å². The summed E-state index contributed by atoms with van der Waals surface area (Å²) in [7, 11) is 1.42. The number of carbonyl (C=O) groups excluding carboxylic acids is 2. The van der Waals surface area contributed by atoms with E-state index in [1.54, 1.807) is 0 Å². The molecule has 6 nitrogen and oxygen atoms in total. The molecule has 0 aliphatic rings. The molecule has 0 unspecified atom stereocenters. The molecule has 2 amide bonds. The van der Waals surface area contributed by atoms with Gasteiger partial charge in [0.05, 0.1) is 6.61 Å². The molecular formula is C12H16N2O4. The lowest BCUT2D eigenvalue weighted by molar-refractivity contribution is -0.123. The molecular weight excluding hydrogens is 236 g/mol. The van der Waals surface area contributed by atoms with E-state index in [9.17, 15) is 9.59 Å². The van der Waals surface area contributed by atoms with Crippen LogP contribution in [-0.2, 0) is 16.1 Å². The van der Waals surface area contributed by atoms with Gasteiger partial charge < -0.3 is 20.5 Å². The molecule has 1 atom stereocenters. The summed E-state index contributed by atoms with van der Waals surface area (Å²) in [5.41, 5.74) is 0.841. The predicted molar refractivity (Wildman–Crippen MR) is 64.7 cm³/mol. The van der Waals surface area contributed by atoms with Crippen molar-refractivity contribution in [1.82, 2.24) is 10.6 Å². The number of hydrogen-bond acceptors (Lipinski definition) is 4. The van der Waals surface area contributed by atoms with Crippen molar-refractivity contribution in [3.05, 3.63) is 35.9 Å². The molecule has 1 aromatic carbocycles. The van der Waals surface area contributed by atoms with E-state index >= 15 is 0 Å². The van der Waals surface area contributed by atoms with Crippen LogP contribution in [0.1, 0.15) is 5.56 Å². The third-order valence-electron chi connectivity index (χ3n) is 2.25. The van der Waals surface area contributed by atoms with Crippen molar-refractivity contribution in [1.29, 1.82) is 0 Å². The number of ether oxygens (including phenoxy) is 1. The Bertz CT molecular complexity index is 394. The standard InChI is InChI=1S/C12H16N2O4/c1-13-11(16)10(7-15)14-12(17)18-8-9-5-3-2-4-6-9/h2-6,10,15H,7-8H2,1H3,(H,13,16)(H,14,17)/t10-/m0/s1. The lowest BCUT2D eigenvalue weighted by Crippen LogP contribution is -2.48. The van der Waals surface area contributed by atoms with Crippen molar-refractivity contribution >= 4 is 12.0 Å². The number of benzene rings is 1. The Morgan fingerprint density at radius 3 is 2.56 bits per heavy atom. The zero-order chi connectivity index (χ0) is 13.4. The maximum Gasteiger partial charge on any atom is 0.408 e. The summed E-state index contributed by atoms with van der Waals surface area (Å²) in [6.45, 7) is -0.376. The fraction of sp³-hybridized carbons (Fsp3) is 0.333. The number of aliphatic hydroxyl groups excluding tert-OH is 1. The van der Waals surface area contributed by atoms with E-state index in [2.05, 4.69) is 10.6 Å². The molecule has 0 fully saturated rings. The van der Waals surface area contributed by atoms with E-state index in [0.717, 1.165) is 5.56 Å². The molecule has 0 aliphatic heterocycles. The van der Waals surface area contributed by atoms with Crippen molar-refractivity contribution in [2.75, 3.05) is 13.7 Å². The molecule has 0 aliphatic carbocycles. The molecule has 0 heterocycles. The average molecular weight is 252 g/mol. The third kappa shape index (κ3) is 4.42. The van der Waals surface area contributed by atoms with Crippen LogP contribution >= 0.6 is 0 Å². The van der Waals surface area contributed by atoms with Crippen LogP contribution in [0.4, 0.5) is 4.79 Å². The zero-order valence-corrected chi connectivity index (χ0v) is 10.1. The van der Waals surface area contributed by atoms with Gasteiger partial charge in [-0.05, 0) is 5.56 Å². The van der Waals surface area contributed by atoms with E-state index in [4.69, 9.17) is 9.84 Å². The molecule has 0 radical (unpaired) electrons. The highest BCUT2D eigenvalue weighted by Gasteiger charge is 2.18. The first-order valence-corrected chi connectivity index (χ1v) is 5.47. The van der Waals surface area contributed by atoms with Gasteiger partial charge in [0.15, 0.2) is 0 Å². The topological polar surface area (TPSA) is 87.7 Å². The number of rotatable bonds is 5. The van der Waals surface area contributed by atoms with Gasteiger partial charge in [0.2, 0.25) is 5.91 Å². The second-order valence-electron chi connectivity index (χ2n) is 3.56. The van der Waals surface area contributed by atoms with Gasteiger partial charge >= 0.3 is 6.09 Å². The smallest absolute Gasteiger partial charge is 0.408 e. The summed E-state index contributed by atoms with van der Waals surface area (Å²) in [5, 5.41) is 13.5. The van der Waals surface area contributed by atoms with Crippen LogP contribution < -0.4 is 10.6 Å². The molecule has 3 N–H and O–H groups in total. The van der Waals surface area contributed by atoms with Crippen molar-refractivity contribution < 1.29 is 19.4 Å². The number of nitrogens with one attached hydrogen (secondary N) is 2. The van der Waals surface area contributed by atoms with Gasteiger partial charge in [0.25, 0.3) is 0 Å². The fourth-order valence-corrected chi connectivity index (χ4v) is 1.28. The molecule has 0 spiro atoms. The first kappa shape index (κ1) is 14.0. The van der Waals surface area contributed by atoms with Crippen molar-refractivity contribution in [2.45, 2.75) is 12.6 Å². The van der Waals surface area contributed by atoms with Crippen LogP contribution in [0.3, 0.4) is 0 Å². The van der Waals surface area contributed by atoms with Crippen LogP contribution in [0.2, 0.25) is 0 Å². The molecule has 18 heavy (non-hydrogen) atoms. The number of carbonyl (C=O) groups is 2. The molecule has 0 saturated heterocycles. The van der Waals surface area contributed by atoms with Gasteiger partial charge in [0, 0.05) is 7.05 Å². The first-order chi connectivity index (χ1) is 8.67. The minimum Gasteiger partial charge on any atom is -0.445 e. The van der Waals surface area contributed by atoms with E-state index in [-0.39, 0.29) is 6.61 Å². The minimum atomic E-state index is -1.00. The Morgan fingerprint density at radius 1 is 1.33 bits per heavy atom. The highest BCUT2D eigenvalue weighted by Crippen LogP contribution is 2.00. The highest BCUT2D eigenvalue weighted by molar-refractivity contribution is 5.85. The van der Waals surface area contributed by atoms with Crippen LogP contribution in [0, 0.1) is 0 Å². The van der Waals surface area contributed by atoms with Gasteiger partial charge in [-0.2, -0.15) is 0 Å². The predicted octanol–water partition coefficient (Wildman–Crippen LogP) is 0.0197. The summed E-state index contributed by atoms with van der Waals surface area (Å²) >= 11 is 0. The summed E-state index contributed by atoms with van der Waals surface area (Å²) in [6, 6.07) is 8.15. The second kappa shape index (κ2) is 7.29. The maximum atomic E-state index is 11.4. The van der Waals surface area contributed by atoms with E-state index in [1.165, 1.54) is 7.05 Å². The van der Waals surface area contributed by atoms with Crippen molar-refractivity contribution in [3.8, 4) is 0 Å². The van der Waals surface area contributed by atoms with Crippen LogP contribution in [0.25, 0.3) is 0 Å². The van der Waals surface area contributed by atoms with Crippen LogP contribution in [0.15, 0.2) is 30.3 Å². The molecule has 0 saturated carbocycles. The average Bonchev–Trinajstić information content (AvgIpc) is 2.42. The van der Waals surface area contributed by atoms with E-state index in [0.29, 0.717) is 0 Å². The summed E-state index contributed by atoms with van der Waals surface area (Å²) in [4.78, 5) is 22.6. The third-order valence-corrected chi connectivity index (χ3v) is 2.25. The molecule has 1 aromatic rings. The molecule has 6 heteroatoms. The Hall–Kier alpha value is -2.08. The Kier molecular flexibility index (Phi) is 5.66. The number of likely N-dealkylation sites (N-methyl/N-ethyl adjacent to an activating group) is 1. The lowest BCUT2D eigenvalue weighted by atomic mass is 10.2. The highest BCUT2D eigenvalue weighted by atomic mass is 16.5. The van der Waals surface area contributed by atoms with Gasteiger partial charge in [-0.1, -0.05) is 30.3 Å². The Labute approximate surface area is 105 Å².